The molecule has 0 aliphatic carbocycles. The first-order valence-electron chi connectivity index (χ1n) is 9.63. The van der Waals surface area contributed by atoms with Crippen molar-refractivity contribution in [2.24, 2.45) is 5.73 Å². The minimum atomic E-state index is -0.881. The summed E-state index contributed by atoms with van der Waals surface area (Å²) >= 11 is 7.92. The van der Waals surface area contributed by atoms with Gasteiger partial charge in [0, 0.05) is 32.0 Å². The number of benzene rings is 3. The average Bonchev–Trinajstić information content (AvgIpc) is 3.19. The lowest BCUT2D eigenvalue weighted by Gasteiger charge is -2.08. The van der Waals surface area contributed by atoms with Gasteiger partial charge in [0.05, 0.1) is 6.54 Å². The molecule has 1 heterocycles. The van der Waals surface area contributed by atoms with Gasteiger partial charge in [0.25, 0.3) is 5.91 Å². The van der Waals surface area contributed by atoms with Crippen molar-refractivity contribution in [3.05, 3.63) is 93.3 Å². The molecule has 4 rings (SSSR count). The van der Waals surface area contributed by atoms with Crippen molar-refractivity contribution in [1.82, 2.24) is 5.32 Å². The molecule has 0 radical (unpaired) electrons. The van der Waals surface area contributed by atoms with Crippen molar-refractivity contribution in [1.29, 1.82) is 0 Å². The van der Waals surface area contributed by atoms with E-state index in [1.165, 1.54) is 17.4 Å². The zero-order valence-corrected chi connectivity index (χ0v) is 18.2. The Hall–Kier alpha value is -3.29. The molecular formula is C24H17ClF2N2O2S. The third kappa shape index (κ3) is 4.64. The Labute approximate surface area is 191 Å². The van der Waals surface area contributed by atoms with Crippen LogP contribution in [0, 0.1) is 11.6 Å². The summed E-state index contributed by atoms with van der Waals surface area (Å²) in [4.78, 5) is 24.2. The van der Waals surface area contributed by atoms with Gasteiger partial charge in [0.15, 0.2) is 11.6 Å². The van der Waals surface area contributed by atoms with E-state index in [0.717, 1.165) is 32.2 Å². The molecule has 0 fully saturated rings. The predicted octanol–water partition coefficient (Wildman–Crippen LogP) is 5.31. The number of thiophene rings is 1. The summed E-state index contributed by atoms with van der Waals surface area (Å²) in [6.45, 7) is -0.244. The van der Waals surface area contributed by atoms with Gasteiger partial charge in [-0.2, -0.15) is 0 Å². The van der Waals surface area contributed by atoms with Crippen molar-refractivity contribution in [2.45, 2.75) is 6.42 Å². The van der Waals surface area contributed by atoms with Gasteiger partial charge >= 0.3 is 0 Å². The quantitative estimate of drug-likeness (QED) is 0.401. The van der Waals surface area contributed by atoms with Crippen LogP contribution in [0.5, 0.6) is 0 Å². The zero-order valence-electron chi connectivity index (χ0n) is 16.6. The molecule has 0 aliphatic heterocycles. The molecule has 2 amide bonds. The number of halogens is 3. The van der Waals surface area contributed by atoms with Crippen molar-refractivity contribution in [2.75, 3.05) is 6.54 Å². The number of nitrogens with two attached hydrogens (primary N) is 1. The van der Waals surface area contributed by atoms with Crippen LogP contribution in [0.25, 0.3) is 21.2 Å². The molecule has 162 valence electrons. The fourth-order valence-corrected chi connectivity index (χ4v) is 4.92. The third-order valence-corrected chi connectivity index (χ3v) is 6.40. The summed E-state index contributed by atoms with van der Waals surface area (Å²) in [5.74, 6) is -2.79. The Balaban J connectivity index is 1.70. The first-order chi connectivity index (χ1) is 15.3. The number of hydrogen-bond donors (Lipinski definition) is 2. The first-order valence-corrected chi connectivity index (χ1v) is 10.8. The number of fused-ring (bicyclic) bond motifs is 1. The van der Waals surface area contributed by atoms with E-state index in [2.05, 4.69) is 5.32 Å². The zero-order chi connectivity index (χ0) is 22.8. The van der Waals surface area contributed by atoms with Gasteiger partial charge in [0.1, 0.15) is 0 Å². The molecule has 0 atom stereocenters. The monoisotopic (exact) mass is 470 g/mol. The second-order valence-electron chi connectivity index (χ2n) is 7.21. The Morgan fingerprint density at radius 1 is 1.00 bits per heavy atom. The fourth-order valence-electron chi connectivity index (χ4n) is 3.40. The van der Waals surface area contributed by atoms with Gasteiger partial charge < -0.3 is 11.1 Å². The molecule has 8 heteroatoms. The van der Waals surface area contributed by atoms with Crippen LogP contribution in [0.2, 0.25) is 5.02 Å². The van der Waals surface area contributed by atoms with Crippen LogP contribution < -0.4 is 11.1 Å². The van der Waals surface area contributed by atoms with E-state index in [1.807, 2.05) is 18.2 Å². The Kier molecular flexibility index (Phi) is 6.21. The minimum Gasteiger partial charge on any atom is -0.368 e. The summed E-state index contributed by atoms with van der Waals surface area (Å²) in [6, 6.07) is 16.5. The van der Waals surface area contributed by atoms with Crippen LogP contribution in [0.4, 0.5) is 8.78 Å². The number of carbonyl (C=O) groups excluding carboxylic acids is 2. The number of nitrogens with one attached hydrogen (secondary N) is 1. The molecule has 4 nitrogen and oxygen atoms in total. The lowest BCUT2D eigenvalue weighted by atomic mass is 10.0. The number of amides is 2. The SMILES string of the molecule is NC(=O)CNC(=O)c1cccc(-c2ccc(Cl)c3cc(Cc4ccc(F)c(F)c4)sc23)c1. The van der Waals surface area contributed by atoms with Crippen molar-refractivity contribution >= 4 is 44.8 Å². The maximum atomic E-state index is 13.6. The van der Waals surface area contributed by atoms with Crippen LogP contribution in [0.1, 0.15) is 20.8 Å². The molecule has 4 aromatic rings. The topological polar surface area (TPSA) is 72.2 Å². The smallest absolute Gasteiger partial charge is 0.251 e. The van der Waals surface area contributed by atoms with Crippen LogP contribution in [0.3, 0.4) is 0 Å². The largest absolute Gasteiger partial charge is 0.368 e. The van der Waals surface area contributed by atoms with E-state index < -0.39 is 23.4 Å². The molecule has 0 unspecified atom stereocenters. The summed E-state index contributed by atoms with van der Waals surface area (Å²) in [7, 11) is 0. The second kappa shape index (κ2) is 9.06. The molecule has 0 spiro atoms. The molecule has 0 bridgehead atoms. The van der Waals surface area contributed by atoms with E-state index in [-0.39, 0.29) is 6.54 Å². The van der Waals surface area contributed by atoms with E-state index in [1.54, 1.807) is 30.3 Å². The molecule has 0 saturated carbocycles. The van der Waals surface area contributed by atoms with Gasteiger partial charge in [-0.1, -0.05) is 35.9 Å². The lowest BCUT2D eigenvalue weighted by Crippen LogP contribution is -2.33. The minimum absolute atomic E-state index is 0.244. The van der Waals surface area contributed by atoms with Crippen LogP contribution in [0.15, 0.2) is 60.7 Å². The maximum absolute atomic E-state index is 13.6. The van der Waals surface area contributed by atoms with E-state index in [0.29, 0.717) is 22.6 Å². The predicted molar refractivity (Wildman–Crippen MR) is 123 cm³/mol. The molecule has 32 heavy (non-hydrogen) atoms. The van der Waals surface area contributed by atoms with Gasteiger partial charge in [-0.05, 0) is 53.1 Å². The highest BCUT2D eigenvalue weighted by molar-refractivity contribution is 7.19. The Morgan fingerprint density at radius 3 is 2.56 bits per heavy atom. The highest BCUT2D eigenvalue weighted by Gasteiger charge is 2.14. The van der Waals surface area contributed by atoms with Gasteiger partial charge in [-0.3, -0.25) is 9.59 Å². The molecular weight excluding hydrogens is 454 g/mol. The molecule has 1 aromatic heterocycles. The van der Waals surface area contributed by atoms with E-state index in [4.69, 9.17) is 17.3 Å². The fraction of sp³-hybridized carbons (Fsp3) is 0.0833. The van der Waals surface area contributed by atoms with Crippen LogP contribution in [-0.2, 0) is 11.2 Å². The van der Waals surface area contributed by atoms with Crippen molar-refractivity contribution in [3.8, 4) is 11.1 Å². The van der Waals surface area contributed by atoms with E-state index >= 15 is 0 Å². The average molecular weight is 471 g/mol. The number of hydrogen-bond acceptors (Lipinski definition) is 3. The summed E-state index contributed by atoms with van der Waals surface area (Å²) in [5.41, 5.74) is 7.82. The van der Waals surface area contributed by atoms with E-state index in [9.17, 15) is 18.4 Å². The van der Waals surface area contributed by atoms with Crippen LogP contribution >= 0.6 is 22.9 Å². The van der Waals surface area contributed by atoms with Crippen molar-refractivity contribution < 1.29 is 18.4 Å². The summed E-state index contributed by atoms with van der Waals surface area (Å²) < 4.78 is 27.7. The second-order valence-corrected chi connectivity index (χ2v) is 8.75. The van der Waals surface area contributed by atoms with Crippen molar-refractivity contribution in [3.63, 3.8) is 0 Å². The van der Waals surface area contributed by atoms with Gasteiger partial charge in [0.2, 0.25) is 5.91 Å². The molecule has 0 aliphatic rings. The van der Waals surface area contributed by atoms with Gasteiger partial charge in [-0.25, -0.2) is 8.78 Å². The molecule has 3 N–H and O–H groups in total. The third-order valence-electron chi connectivity index (χ3n) is 4.90. The number of primary amides is 1. The lowest BCUT2D eigenvalue weighted by molar-refractivity contribution is -0.117. The van der Waals surface area contributed by atoms with Crippen LogP contribution in [-0.4, -0.2) is 18.4 Å². The summed E-state index contributed by atoms with van der Waals surface area (Å²) in [6.07, 6.45) is 0.432. The molecule has 0 saturated heterocycles. The standard InChI is InChI=1S/C24H17ClF2N2O2S/c25-19-6-5-17(14-2-1-3-15(10-14)24(31)29-12-22(28)30)23-18(19)11-16(32-23)8-13-4-7-20(26)21(27)9-13/h1-7,9-11H,8,12H2,(H2,28,30)(H,29,31). The normalized spacial score (nSPS) is 11.0. The highest BCUT2D eigenvalue weighted by Crippen LogP contribution is 2.39. The summed E-state index contributed by atoms with van der Waals surface area (Å²) in [5, 5.41) is 3.89. The number of rotatable bonds is 6. The molecule has 3 aromatic carbocycles. The Bertz CT molecular complexity index is 1350. The first kappa shape index (κ1) is 21.9. The highest BCUT2D eigenvalue weighted by atomic mass is 35.5. The van der Waals surface area contributed by atoms with Gasteiger partial charge in [-0.15, -0.1) is 11.3 Å². The number of carbonyl (C=O) groups is 2. The maximum Gasteiger partial charge on any atom is 0.251 e. The Morgan fingerprint density at radius 2 is 1.81 bits per heavy atom.